The molecular formula is C20H21F6N7O3. The normalized spacial score (nSPS) is 20.2. The SMILES string of the molecule is N=C/C(=C\N)CN1CCCCCC(O)(C(F)(F)F)c2nnc(o2)-c2nc(c(C(F)(F)F)cc2N)C1=O. The fourth-order valence-corrected chi connectivity index (χ4v) is 3.56. The Kier molecular flexibility index (Phi) is 7.29. The van der Waals surface area contributed by atoms with E-state index in [1.54, 1.807) is 0 Å². The average Bonchev–Trinajstić information content (AvgIpc) is 3.28. The molecule has 1 unspecified atom stereocenters. The van der Waals surface area contributed by atoms with E-state index in [0.29, 0.717) is 6.07 Å². The van der Waals surface area contributed by atoms with Crippen LogP contribution in [0.1, 0.15) is 47.6 Å². The number of anilines is 1. The topological polar surface area (TPSA) is 168 Å². The molecule has 0 radical (unpaired) electrons. The van der Waals surface area contributed by atoms with E-state index in [0.717, 1.165) is 17.3 Å². The van der Waals surface area contributed by atoms with Gasteiger partial charge in [0.2, 0.25) is 5.60 Å². The summed E-state index contributed by atoms with van der Waals surface area (Å²) in [5.74, 6) is -3.24. The summed E-state index contributed by atoms with van der Waals surface area (Å²) < 4.78 is 87.6. The zero-order chi connectivity index (χ0) is 26.9. The highest BCUT2D eigenvalue weighted by Crippen LogP contribution is 2.43. The molecule has 2 aromatic rings. The molecule has 4 bridgehead atoms. The predicted molar refractivity (Wildman–Crippen MR) is 112 cm³/mol. The van der Waals surface area contributed by atoms with Gasteiger partial charge >= 0.3 is 12.4 Å². The summed E-state index contributed by atoms with van der Waals surface area (Å²) in [5, 5.41) is 24.4. The van der Waals surface area contributed by atoms with Gasteiger partial charge in [-0.25, -0.2) is 4.98 Å². The number of alkyl halides is 6. The Morgan fingerprint density at radius 3 is 2.47 bits per heavy atom. The predicted octanol–water partition coefficient (Wildman–Crippen LogP) is 2.99. The smallest absolute Gasteiger partial charge is 0.416 e. The van der Waals surface area contributed by atoms with E-state index in [2.05, 4.69) is 15.2 Å². The number of nitrogens with two attached hydrogens (primary N) is 2. The number of nitrogens with one attached hydrogen (secondary N) is 1. The van der Waals surface area contributed by atoms with Crippen LogP contribution in [0.25, 0.3) is 11.6 Å². The summed E-state index contributed by atoms with van der Waals surface area (Å²) in [6.07, 6.45) is -9.48. The number of rotatable bonds is 3. The maximum absolute atomic E-state index is 13.8. The van der Waals surface area contributed by atoms with Crippen LogP contribution in [0.3, 0.4) is 0 Å². The van der Waals surface area contributed by atoms with E-state index in [1.807, 2.05) is 0 Å². The van der Waals surface area contributed by atoms with Gasteiger partial charge in [-0.05, 0) is 25.3 Å². The Morgan fingerprint density at radius 1 is 1.19 bits per heavy atom. The highest BCUT2D eigenvalue weighted by Gasteiger charge is 2.58. The summed E-state index contributed by atoms with van der Waals surface area (Å²) in [4.78, 5) is 17.8. The molecule has 1 aliphatic heterocycles. The Hall–Kier alpha value is -3.69. The van der Waals surface area contributed by atoms with Gasteiger partial charge in [0, 0.05) is 31.1 Å². The lowest BCUT2D eigenvalue weighted by Crippen LogP contribution is -2.42. The third-order valence-electron chi connectivity index (χ3n) is 5.54. The summed E-state index contributed by atoms with van der Waals surface area (Å²) in [5.41, 5.74) is 3.64. The van der Waals surface area contributed by atoms with Crippen molar-refractivity contribution in [2.45, 2.75) is 43.6 Å². The van der Waals surface area contributed by atoms with Crippen molar-refractivity contribution in [2.75, 3.05) is 18.8 Å². The van der Waals surface area contributed by atoms with Gasteiger partial charge in [-0.1, -0.05) is 6.42 Å². The quantitative estimate of drug-likeness (QED) is 0.353. The maximum atomic E-state index is 13.8. The molecule has 1 atom stereocenters. The molecule has 6 N–H and O–H groups in total. The number of amides is 1. The molecule has 16 heteroatoms. The van der Waals surface area contributed by atoms with Crippen LogP contribution >= 0.6 is 0 Å². The second-order valence-electron chi connectivity index (χ2n) is 8.01. The number of fused-ring (bicyclic) bond motifs is 5. The zero-order valence-electron chi connectivity index (χ0n) is 18.4. The van der Waals surface area contributed by atoms with E-state index in [1.165, 1.54) is 0 Å². The van der Waals surface area contributed by atoms with E-state index in [-0.39, 0.29) is 37.9 Å². The lowest BCUT2D eigenvalue weighted by atomic mass is 9.95. The van der Waals surface area contributed by atoms with Crippen molar-refractivity contribution in [2.24, 2.45) is 5.73 Å². The summed E-state index contributed by atoms with van der Waals surface area (Å²) in [6.45, 7) is -0.569. The minimum atomic E-state index is -5.22. The number of aliphatic hydroxyl groups is 1. The van der Waals surface area contributed by atoms with Crippen LogP contribution in [0.15, 0.2) is 22.3 Å². The van der Waals surface area contributed by atoms with Gasteiger partial charge in [0.1, 0.15) is 5.69 Å². The Bertz CT molecular complexity index is 1180. The van der Waals surface area contributed by atoms with Crippen LogP contribution in [0.4, 0.5) is 32.0 Å². The molecule has 1 amide bonds. The van der Waals surface area contributed by atoms with E-state index in [4.69, 9.17) is 21.3 Å². The van der Waals surface area contributed by atoms with Crippen molar-refractivity contribution < 1.29 is 40.7 Å². The molecule has 196 valence electrons. The number of carbonyl (C=O) groups excluding carboxylic acids is 1. The fraction of sp³-hybridized carbons (Fsp3) is 0.450. The minimum Gasteiger partial charge on any atom is -0.416 e. The molecule has 0 spiro atoms. The highest BCUT2D eigenvalue weighted by atomic mass is 19.4. The van der Waals surface area contributed by atoms with Crippen LogP contribution in [0.2, 0.25) is 0 Å². The van der Waals surface area contributed by atoms with Crippen LogP contribution in [-0.4, -0.2) is 56.6 Å². The van der Waals surface area contributed by atoms with Crippen molar-refractivity contribution in [3.8, 4) is 11.6 Å². The minimum absolute atomic E-state index is 0.0436. The van der Waals surface area contributed by atoms with Gasteiger partial charge in [-0.15, -0.1) is 10.2 Å². The molecule has 1 aliphatic rings. The Labute approximate surface area is 199 Å². The molecule has 36 heavy (non-hydrogen) atoms. The van der Waals surface area contributed by atoms with Gasteiger partial charge < -0.3 is 31.3 Å². The van der Waals surface area contributed by atoms with Gasteiger partial charge in [-0.2, -0.15) is 26.3 Å². The second kappa shape index (κ2) is 9.75. The highest BCUT2D eigenvalue weighted by molar-refractivity contribution is 5.96. The van der Waals surface area contributed by atoms with Crippen molar-refractivity contribution in [3.05, 3.63) is 35.0 Å². The largest absolute Gasteiger partial charge is 0.426 e. The first-order valence-corrected chi connectivity index (χ1v) is 10.4. The third-order valence-corrected chi connectivity index (χ3v) is 5.54. The van der Waals surface area contributed by atoms with Gasteiger partial charge in [0.05, 0.1) is 11.3 Å². The first kappa shape index (κ1) is 26.9. The first-order valence-electron chi connectivity index (χ1n) is 10.4. The molecular weight excluding hydrogens is 500 g/mol. The average molecular weight is 521 g/mol. The molecule has 3 rings (SSSR count). The van der Waals surface area contributed by atoms with E-state index >= 15 is 0 Å². The Morgan fingerprint density at radius 2 is 1.89 bits per heavy atom. The lowest BCUT2D eigenvalue weighted by Gasteiger charge is -2.27. The summed E-state index contributed by atoms with van der Waals surface area (Å²) >= 11 is 0. The molecule has 10 nitrogen and oxygen atoms in total. The number of nitrogens with zero attached hydrogens (tertiary/aromatic N) is 4. The number of carbonyl (C=O) groups is 1. The standard InChI is InChI=1S/C20H21F6N7O3/c21-19(22,23)11-6-12(29)14-15-31-32-17(36-15)18(35,20(24,25)26)4-2-1-3-5-33(9-10(7-27)8-28)16(34)13(11)30-14/h6-8,27,35H,1-5,9,28-29H2/b10-8+,27-7?. The van der Waals surface area contributed by atoms with Gasteiger partial charge in [0.25, 0.3) is 17.7 Å². The van der Waals surface area contributed by atoms with E-state index < -0.39 is 64.7 Å². The van der Waals surface area contributed by atoms with Crippen LogP contribution < -0.4 is 11.5 Å². The third kappa shape index (κ3) is 5.12. The van der Waals surface area contributed by atoms with Crippen molar-refractivity contribution in [1.29, 1.82) is 5.41 Å². The molecule has 0 aliphatic carbocycles. The molecule has 0 aromatic carbocycles. The second-order valence-corrected chi connectivity index (χ2v) is 8.01. The van der Waals surface area contributed by atoms with Crippen LogP contribution in [0.5, 0.6) is 0 Å². The molecule has 0 fully saturated rings. The number of nitrogen functional groups attached to an aromatic ring is 1. The summed E-state index contributed by atoms with van der Waals surface area (Å²) in [6, 6.07) is 0.385. The van der Waals surface area contributed by atoms with Crippen LogP contribution in [0, 0.1) is 5.41 Å². The van der Waals surface area contributed by atoms with Crippen molar-refractivity contribution in [1.82, 2.24) is 20.1 Å². The Balaban J connectivity index is 2.24. The molecule has 3 heterocycles. The van der Waals surface area contributed by atoms with Crippen LogP contribution in [-0.2, 0) is 11.8 Å². The molecule has 2 aromatic heterocycles. The number of halogens is 6. The number of hydrogen-bond acceptors (Lipinski definition) is 9. The monoisotopic (exact) mass is 521 g/mol. The lowest BCUT2D eigenvalue weighted by molar-refractivity contribution is -0.277. The van der Waals surface area contributed by atoms with Crippen molar-refractivity contribution in [3.63, 3.8) is 0 Å². The number of pyridine rings is 1. The van der Waals surface area contributed by atoms with Gasteiger partial charge in [-0.3, -0.25) is 4.79 Å². The van der Waals surface area contributed by atoms with E-state index in [9.17, 15) is 36.2 Å². The van der Waals surface area contributed by atoms with Crippen molar-refractivity contribution >= 4 is 17.8 Å². The van der Waals surface area contributed by atoms with Gasteiger partial charge in [0.15, 0.2) is 5.69 Å². The summed E-state index contributed by atoms with van der Waals surface area (Å²) in [7, 11) is 0. The molecule has 0 saturated heterocycles. The maximum Gasteiger partial charge on any atom is 0.426 e. The molecule has 0 saturated carbocycles. The first-order chi connectivity index (χ1) is 16.7. The fourth-order valence-electron chi connectivity index (χ4n) is 3.56. The zero-order valence-corrected chi connectivity index (χ0v) is 18.4. The number of aromatic nitrogens is 3. The number of hydrogen-bond donors (Lipinski definition) is 4.